The van der Waals surface area contributed by atoms with Gasteiger partial charge in [-0.3, -0.25) is 4.52 Å². The van der Waals surface area contributed by atoms with Gasteiger partial charge in [0.2, 0.25) is 0 Å². The maximum absolute atomic E-state index is 10.4. The molecule has 0 aromatic carbocycles. The molecule has 0 aliphatic heterocycles. The topological polar surface area (TPSA) is 127 Å². The van der Waals surface area contributed by atoms with E-state index in [1.807, 2.05) is 0 Å². The van der Waals surface area contributed by atoms with E-state index in [9.17, 15) is 4.57 Å². The molecule has 5 N–H and O–H groups in total. The van der Waals surface area contributed by atoms with Crippen LogP contribution in [0.4, 0.5) is 0 Å². The van der Waals surface area contributed by atoms with Gasteiger partial charge in [-0.1, -0.05) is 90.4 Å². The fourth-order valence-corrected chi connectivity index (χ4v) is 2.85. The number of phosphoric ester groups is 1. The van der Waals surface area contributed by atoms with E-state index in [-0.39, 0.29) is 6.61 Å². The summed E-state index contributed by atoms with van der Waals surface area (Å²) in [5.41, 5.74) is 0. The molecule has 0 atom stereocenters. The predicted molar refractivity (Wildman–Crippen MR) is 101 cm³/mol. The summed E-state index contributed by atoms with van der Waals surface area (Å²) in [6.07, 6.45) is 17.8. The molecule has 0 saturated heterocycles. The third-order valence-electron chi connectivity index (χ3n) is 3.76. The zero-order chi connectivity index (χ0) is 19.4. The highest BCUT2D eigenvalue weighted by molar-refractivity contribution is 7.46. The van der Waals surface area contributed by atoms with Crippen molar-refractivity contribution >= 4 is 15.1 Å². The number of rotatable bonds is 16. The summed E-state index contributed by atoms with van der Waals surface area (Å²) >= 11 is 0. The van der Waals surface area contributed by atoms with Crippen molar-refractivity contribution in [1.82, 2.24) is 0 Å². The molecule has 152 valence electrons. The van der Waals surface area contributed by atoms with Crippen molar-refractivity contribution in [2.24, 2.45) is 0 Å². The van der Waals surface area contributed by atoms with E-state index in [0.717, 1.165) is 19.3 Å². The molecule has 0 bridgehead atoms. The fraction of sp³-hybridized carbons (Fsp3) is 1.00. The first-order valence-corrected chi connectivity index (χ1v) is 11.1. The van der Waals surface area contributed by atoms with Crippen LogP contribution in [0.25, 0.3) is 0 Å². The van der Waals surface area contributed by atoms with E-state index >= 15 is 0 Å². The molecule has 25 heavy (non-hydrogen) atoms. The monoisotopic (exact) mass is 384 g/mol. The second-order valence-corrected chi connectivity index (χ2v) is 7.51. The molecule has 0 fully saturated rings. The van der Waals surface area contributed by atoms with Crippen LogP contribution >= 0.6 is 7.82 Å². The summed E-state index contributed by atoms with van der Waals surface area (Å²) in [5, 5.41) is 21.5. The van der Waals surface area contributed by atoms with Crippen LogP contribution in [0.1, 0.15) is 96.8 Å². The maximum atomic E-state index is 10.4. The summed E-state index contributed by atoms with van der Waals surface area (Å²) in [4.78, 5) is 17.0. The van der Waals surface area contributed by atoms with Gasteiger partial charge in [0.05, 0.1) is 6.61 Å². The number of unbranched alkanes of at least 4 members (excludes halogenated alkanes) is 13. The minimum absolute atomic E-state index is 0.169. The maximum Gasteiger partial charge on any atom is 0.631 e. The molecule has 0 saturated carbocycles. The van der Waals surface area contributed by atoms with E-state index in [0.29, 0.717) is 0 Å². The van der Waals surface area contributed by atoms with E-state index in [4.69, 9.17) is 24.9 Å². The molecule has 0 aromatic heterocycles. The Balaban J connectivity index is 0. The lowest BCUT2D eigenvalue weighted by Crippen LogP contribution is -2.07. The van der Waals surface area contributed by atoms with Crippen LogP contribution in [0.5, 0.6) is 0 Å². The van der Waals surface area contributed by atoms with Crippen LogP contribution in [-0.2, 0) is 9.09 Å². The van der Waals surface area contributed by atoms with Crippen molar-refractivity contribution < 1.29 is 33.9 Å². The molecule has 7 nitrogen and oxygen atoms in total. The van der Waals surface area contributed by atoms with Gasteiger partial charge < -0.3 is 24.9 Å². The molecule has 0 heterocycles. The van der Waals surface area contributed by atoms with Crippen molar-refractivity contribution in [1.29, 1.82) is 0 Å². The first-order chi connectivity index (χ1) is 11.8. The van der Waals surface area contributed by atoms with Crippen LogP contribution < -0.4 is 0 Å². The second-order valence-electron chi connectivity index (χ2n) is 6.27. The lowest BCUT2D eigenvalue weighted by molar-refractivity contribution is 0.193. The standard InChI is InChI=1S/C16H35O4P.BH3O3/c1-2-3-4-5-6-7-8-9-10-11-12-13-14-15-16-20-21(17,18)19;2-1(3)4/h2-16H2,1H3,(H2,17,18,19);2-4H. The van der Waals surface area contributed by atoms with Gasteiger partial charge in [-0.05, 0) is 6.42 Å². The Morgan fingerprint density at radius 2 is 0.960 bits per heavy atom. The Bertz CT molecular complexity index is 297. The zero-order valence-corrected chi connectivity index (χ0v) is 16.6. The normalized spacial score (nSPS) is 11.1. The molecular formula is C16H38BO7P. The highest BCUT2D eigenvalue weighted by atomic mass is 31.2. The summed E-state index contributed by atoms with van der Waals surface area (Å²) in [6, 6.07) is 0. The van der Waals surface area contributed by atoms with Crippen molar-refractivity contribution in [3.63, 3.8) is 0 Å². The minimum atomic E-state index is -4.25. The quantitative estimate of drug-likeness (QED) is 0.156. The van der Waals surface area contributed by atoms with Gasteiger partial charge in [-0.25, -0.2) is 4.57 Å². The first-order valence-electron chi connectivity index (χ1n) is 9.54. The average Bonchev–Trinajstić information content (AvgIpc) is 2.49. The molecule has 0 spiro atoms. The average molecular weight is 384 g/mol. The smallest absolute Gasteiger partial charge is 0.402 e. The van der Waals surface area contributed by atoms with Crippen LogP contribution in [0, 0.1) is 0 Å². The number of phosphoric acid groups is 1. The Hall–Kier alpha value is 0.0549. The highest BCUT2D eigenvalue weighted by Gasteiger charge is 2.12. The Labute approximate surface area is 153 Å². The predicted octanol–water partition coefficient (Wildman–Crippen LogP) is 3.53. The Morgan fingerprint density at radius 1 is 0.680 bits per heavy atom. The van der Waals surface area contributed by atoms with Gasteiger partial charge in [0.15, 0.2) is 0 Å². The van der Waals surface area contributed by atoms with Crippen molar-refractivity contribution in [3.8, 4) is 0 Å². The fourth-order valence-electron chi connectivity index (χ4n) is 2.48. The summed E-state index contributed by atoms with van der Waals surface area (Å²) in [5.74, 6) is 0. The Kier molecular flexibility index (Phi) is 22.2. The van der Waals surface area contributed by atoms with Gasteiger partial charge in [-0.2, -0.15) is 0 Å². The summed E-state index contributed by atoms with van der Waals surface area (Å²) < 4.78 is 14.8. The van der Waals surface area contributed by atoms with Gasteiger partial charge in [-0.15, -0.1) is 0 Å². The van der Waals surface area contributed by atoms with E-state index < -0.39 is 15.1 Å². The first kappa shape index (κ1) is 27.3. The van der Waals surface area contributed by atoms with Crippen molar-refractivity contribution in [2.45, 2.75) is 96.8 Å². The third-order valence-corrected chi connectivity index (χ3v) is 4.28. The van der Waals surface area contributed by atoms with E-state index in [1.54, 1.807) is 0 Å². The molecule has 0 aliphatic carbocycles. The molecule has 0 aliphatic rings. The summed E-state index contributed by atoms with van der Waals surface area (Å²) in [6.45, 7) is 2.42. The molecule has 0 amide bonds. The summed E-state index contributed by atoms with van der Waals surface area (Å²) in [7, 11) is -6.42. The van der Waals surface area contributed by atoms with Crippen LogP contribution in [-0.4, -0.2) is 38.8 Å². The third kappa shape index (κ3) is 35.9. The van der Waals surface area contributed by atoms with Gasteiger partial charge in [0.1, 0.15) is 0 Å². The Morgan fingerprint density at radius 3 is 1.24 bits per heavy atom. The lowest BCUT2D eigenvalue weighted by Gasteiger charge is -2.05. The van der Waals surface area contributed by atoms with Gasteiger partial charge >= 0.3 is 15.1 Å². The van der Waals surface area contributed by atoms with Gasteiger partial charge in [0.25, 0.3) is 0 Å². The second kappa shape index (κ2) is 20.4. The highest BCUT2D eigenvalue weighted by Crippen LogP contribution is 2.35. The van der Waals surface area contributed by atoms with Crippen LogP contribution in [0.15, 0.2) is 0 Å². The molecule has 0 rings (SSSR count). The molecular weight excluding hydrogens is 346 g/mol. The molecule has 0 radical (unpaired) electrons. The van der Waals surface area contributed by atoms with Gasteiger partial charge in [0, 0.05) is 0 Å². The zero-order valence-electron chi connectivity index (χ0n) is 15.7. The van der Waals surface area contributed by atoms with Crippen LogP contribution in [0.3, 0.4) is 0 Å². The van der Waals surface area contributed by atoms with Crippen molar-refractivity contribution in [2.75, 3.05) is 6.61 Å². The molecule has 0 unspecified atom stereocenters. The molecule has 0 aromatic rings. The van der Waals surface area contributed by atoms with E-state index in [2.05, 4.69) is 11.4 Å². The van der Waals surface area contributed by atoms with E-state index in [1.165, 1.54) is 70.6 Å². The number of hydrogen-bond acceptors (Lipinski definition) is 5. The molecule has 9 heteroatoms. The number of hydrogen-bond donors (Lipinski definition) is 5. The largest absolute Gasteiger partial charge is 0.631 e. The minimum Gasteiger partial charge on any atom is -0.402 e. The van der Waals surface area contributed by atoms with Crippen molar-refractivity contribution in [3.05, 3.63) is 0 Å². The van der Waals surface area contributed by atoms with Crippen LogP contribution in [0.2, 0.25) is 0 Å². The lowest BCUT2D eigenvalue weighted by atomic mass is 10.0. The SMILES string of the molecule is CCCCCCCCCCCCCCCCOP(=O)(O)O.OB(O)O.